The third kappa shape index (κ3) is 3.89. The summed E-state index contributed by atoms with van der Waals surface area (Å²) in [6, 6.07) is 9.25. The van der Waals surface area contributed by atoms with Crippen LogP contribution in [0.25, 0.3) is 0 Å². The van der Waals surface area contributed by atoms with Gasteiger partial charge in [-0.15, -0.1) is 0 Å². The number of rotatable bonds is 4. The summed E-state index contributed by atoms with van der Waals surface area (Å²) in [5, 5.41) is 0.650. The van der Waals surface area contributed by atoms with E-state index in [9.17, 15) is 12.8 Å². The highest BCUT2D eigenvalue weighted by Gasteiger charge is 2.26. The monoisotopic (exact) mass is 354 g/mol. The quantitative estimate of drug-likeness (QED) is 0.844. The van der Waals surface area contributed by atoms with Crippen molar-refractivity contribution in [3.63, 3.8) is 0 Å². The lowest BCUT2D eigenvalue weighted by Gasteiger charge is -2.25. The van der Waals surface area contributed by atoms with Gasteiger partial charge in [0.1, 0.15) is 15.7 Å². The molecule has 23 heavy (non-hydrogen) atoms. The maximum absolute atomic E-state index is 12.9. The van der Waals surface area contributed by atoms with E-state index in [0.29, 0.717) is 31.3 Å². The van der Waals surface area contributed by atoms with Crippen molar-refractivity contribution in [1.29, 1.82) is 0 Å². The number of benzene rings is 1. The molecule has 0 unspecified atom stereocenters. The maximum Gasteiger partial charge on any atom is 0.244 e. The average molecular weight is 354 g/mol. The lowest BCUT2D eigenvalue weighted by molar-refractivity contribution is 0.0730. The summed E-state index contributed by atoms with van der Waals surface area (Å²) in [4.78, 5) is 5.19. The van der Waals surface area contributed by atoms with Gasteiger partial charge in [-0.3, -0.25) is 0 Å². The molecule has 1 fully saturated rings. The van der Waals surface area contributed by atoms with Crippen molar-refractivity contribution in [2.45, 2.75) is 14.8 Å². The number of hydrogen-bond acceptors (Lipinski definition) is 5. The fourth-order valence-corrected chi connectivity index (χ4v) is 4.25. The molecule has 0 atom stereocenters. The van der Waals surface area contributed by atoms with Crippen molar-refractivity contribution < 1.29 is 17.5 Å². The second-order valence-corrected chi connectivity index (χ2v) is 7.94. The molecule has 0 aliphatic carbocycles. The summed E-state index contributed by atoms with van der Waals surface area (Å²) in [7, 11) is -3.53. The lowest BCUT2D eigenvalue weighted by atomic mass is 10.4. The summed E-state index contributed by atoms with van der Waals surface area (Å²) in [6.07, 6.45) is 1.36. The summed E-state index contributed by atoms with van der Waals surface area (Å²) in [5.74, 6) is -0.297. The van der Waals surface area contributed by atoms with Crippen molar-refractivity contribution in [1.82, 2.24) is 9.29 Å². The SMILES string of the molecule is O=S(=O)(c1ccc(Sc2ccc(F)cc2)nc1)N1CCOCC1. The molecule has 5 nitrogen and oxygen atoms in total. The minimum absolute atomic E-state index is 0.169. The van der Waals surface area contributed by atoms with Gasteiger partial charge in [-0.25, -0.2) is 17.8 Å². The molecule has 3 rings (SSSR count). The number of hydrogen-bond donors (Lipinski definition) is 0. The topological polar surface area (TPSA) is 59.5 Å². The molecule has 8 heteroatoms. The highest BCUT2D eigenvalue weighted by atomic mass is 32.2. The van der Waals surface area contributed by atoms with Crippen molar-refractivity contribution in [3.05, 3.63) is 48.4 Å². The van der Waals surface area contributed by atoms with Crippen LogP contribution in [0.2, 0.25) is 0 Å². The van der Waals surface area contributed by atoms with Gasteiger partial charge in [-0.05, 0) is 36.4 Å². The molecule has 0 spiro atoms. The van der Waals surface area contributed by atoms with Gasteiger partial charge in [0.05, 0.1) is 13.2 Å². The van der Waals surface area contributed by atoms with E-state index in [1.807, 2.05) is 0 Å². The number of aromatic nitrogens is 1. The zero-order valence-corrected chi connectivity index (χ0v) is 13.8. The van der Waals surface area contributed by atoms with E-state index in [0.717, 1.165) is 4.90 Å². The zero-order valence-electron chi connectivity index (χ0n) is 12.2. The van der Waals surface area contributed by atoms with Crippen LogP contribution in [0.5, 0.6) is 0 Å². The summed E-state index contributed by atoms with van der Waals surface area (Å²) < 4.78 is 44.4. The molecule has 1 aliphatic heterocycles. The van der Waals surface area contributed by atoms with Crippen LogP contribution in [0, 0.1) is 5.82 Å². The predicted molar refractivity (Wildman–Crippen MR) is 84.3 cm³/mol. The number of halogens is 1. The molecular formula is C15H15FN2O3S2. The molecule has 2 heterocycles. The van der Waals surface area contributed by atoms with Gasteiger partial charge in [0, 0.05) is 24.2 Å². The molecule has 1 aromatic carbocycles. The molecule has 0 radical (unpaired) electrons. The van der Waals surface area contributed by atoms with Crippen LogP contribution in [0.4, 0.5) is 4.39 Å². The first-order chi connectivity index (χ1) is 11.1. The Morgan fingerprint density at radius 1 is 1.09 bits per heavy atom. The number of morpholine rings is 1. The highest BCUT2D eigenvalue weighted by Crippen LogP contribution is 2.27. The van der Waals surface area contributed by atoms with Gasteiger partial charge in [-0.1, -0.05) is 11.8 Å². The molecule has 0 amide bonds. The van der Waals surface area contributed by atoms with Crippen LogP contribution in [0.1, 0.15) is 0 Å². The van der Waals surface area contributed by atoms with Crippen LogP contribution in [0.15, 0.2) is 57.4 Å². The fraction of sp³-hybridized carbons (Fsp3) is 0.267. The summed E-state index contributed by atoms with van der Waals surface area (Å²) >= 11 is 1.35. The summed E-state index contributed by atoms with van der Waals surface area (Å²) in [6.45, 7) is 1.53. The van der Waals surface area contributed by atoms with Gasteiger partial charge in [-0.2, -0.15) is 4.31 Å². The third-order valence-corrected chi connectivity index (χ3v) is 6.19. The van der Waals surface area contributed by atoms with Crippen molar-refractivity contribution in [2.75, 3.05) is 26.3 Å². The highest BCUT2D eigenvalue weighted by molar-refractivity contribution is 7.99. The smallest absolute Gasteiger partial charge is 0.244 e. The summed E-state index contributed by atoms with van der Waals surface area (Å²) in [5.41, 5.74) is 0. The van der Waals surface area contributed by atoms with Crippen molar-refractivity contribution >= 4 is 21.8 Å². The van der Waals surface area contributed by atoms with Crippen LogP contribution in [-0.2, 0) is 14.8 Å². The Bertz CT molecular complexity index is 758. The average Bonchev–Trinajstić information content (AvgIpc) is 2.58. The van der Waals surface area contributed by atoms with E-state index < -0.39 is 10.0 Å². The van der Waals surface area contributed by atoms with Gasteiger partial charge in [0.15, 0.2) is 0 Å². The second-order valence-electron chi connectivity index (χ2n) is 4.90. The van der Waals surface area contributed by atoms with Crippen LogP contribution >= 0.6 is 11.8 Å². The first-order valence-corrected chi connectivity index (χ1v) is 9.29. The number of ether oxygens (including phenoxy) is 1. The van der Waals surface area contributed by atoms with Gasteiger partial charge in [0.25, 0.3) is 0 Å². The molecule has 0 saturated carbocycles. The largest absolute Gasteiger partial charge is 0.379 e. The zero-order chi connectivity index (χ0) is 16.3. The Hall–Kier alpha value is -1.48. The Morgan fingerprint density at radius 3 is 2.39 bits per heavy atom. The standard InChI is InChI=1S/C15H15FN2O3S2/c16-12-1-3-13(4-2-12)22-15-6-5-14(11-17-15)23(19,20)18-7-9-21-10-8-18/h1-6,11H,7-10H2. The van der Waals surface area contributed by atoms with E-state index in [1.54, 1.807) is 24.3 Å². The first kappa shape index (κ1) is 16.4. The molecule has 1 aromatic heterocycles. The molecule has 1 saturated heterocycles. The van der Waals surface area contributed by atoms with Crippen LogP contribution < -0.4 is 0 Å². The van der Waals surface area contributed by atoms with E-state index in [1.165, 1.54) is 34.4 Å². The lowest BCUT2D eigenvalue weighted by Crippen LogP contribution is -2.40. The molecule has 122 valence electrons. The Morgan fingerprint density at radius 2 is 1.78 bits per heavy atom. The molecule has 0 bridgehead atoms. The number of sulfonamides is 1. The molecule has 0 N–H and O–H groups in total. The van der Waals surface area contributed by atoms with Crippen molar-refractivity contribution in [2.24, 2.45) is 0 Å². The van der Waals surface area contributed by atoms with Crippen LogP contribution in [-0.4, -0.2) is 44.0 Å². The number of nitrogens with zero attached hydrogens (tertiary/aromatic N) is 2. The van der Waals surface area contributed by atoms with E-state index in [2.05, 4.69) is 4.98 Å². The Kier molecular flexibility index (Phi) is 4.96. The van der Waals surface area contributed by atoms with E-state index in [-0.39, 0.29) is 10.7 Å². The second kappa shape index (κ2) is 6.96. The molecular weight excluding hydrogens is 339 g/mol. The first-order valence-electron chi connectivity index (χ1n) is 7.03. The third-order valence-electron chi connectivity index (χ3n) is 3.35. The fourth-order valence-electron chi connectivity index (χ4n) is 2.14. The number of pyridine rings is 1. The van der Waals surface area contributed by atoms with Gasteiger partial charge >= 0.3 is 0 Å². The van der Waals surface area contributed by atoms with E-state index in [4.69, 9.17) is 4.74 Å². The van der Waals surface area contributed by atoms with Gasteiger partial charge < -0.3 is 4.74 Å². The normalized spacial score (nSPS) is 16.4. The molecule has 1 aliphatic rings. The van der Waals surface area contributed by atoms with Crippen LogP contribution in [0.3, 0.4) is 0 Å². The minimum atomic E-state index is -3.53. The van der Waals surface area contributed by atoms with Gasteiger partial charge in [0.2, 0.25) is 10.0 Å². The Balaban J connectivity index is 1.74. The maximum atomic E-state index is 12.9. The molecule has 2 aromatic rings. The van der Waals surface area contributed by atoms with Crippen molar-refractivity contribution in [3.8, 4) is 0 Å². The minimum Gasteiger partial charge on any atom is -0.379 e. The van der Waals surface area contributed by atoms with E-state index >= 15 is 0 Å². The predicted octanol–water partition coefficient (Wildman–Crippen LogP) is 2.39. The Labute approximate surface area is 138 Å².